The molecule has 1 rings (SSSR count). The predicted molar refractivity (Wildman–Crippen MR) is 44.1 cm³/mol. The van der Waals surface area contributed by atoms with Gasteiger partial charge in [-0.3, -0.25) is 4.79 Å². The summed E-state index contributed by atoms with van der Waals surface area (Å²) in [6.45, 7) is 1.35. The summed E-state index contributed by atoms with van der Waals surface area (Å²) in [5.74, 6) is -1.94. The smallest absolute Gasteiger partial charge is 0.168 e. The highest BCUT2D eigenvalue weighted by Crippen LogP contribution is 2.26. The van der Waals surface area contributed by atoms with Crippen molar-refractivity contribution in [3.63, 3.8) is 0 Å². The van der Waals surface area contributed by atoms with Crippen LogP contribution in [-0.2, 0) is 11.2 Å². The predicted octanol–water partition coefficient (Wildman–Crippen LogP) is 1.37. The topological polar surface area (TPSA) is 57.5 Å². The van der Waals surface area contributed by atoms with Crippen LogP contribution in [0.5, 0.6) is 11.5 Å². The van der Waals surface area contributed by atoms with E-state index in [1.807, 2.05) is 0 Å². The first-order valence-corrected chi connectivity index (χ1v) is 3.70. The Morgan fingerprint density at radius 1 is 1.38 bits per heavy atom. The van der Waals surface area contributed by atoms with Crippen molar-refractivity contribution in [1.29, 1.82) is 0 Å². The Bertz CT molecular complexity index is 347. The van der Waals surface area contributed by atoms with Gasteiger partial charge in [0.15, 0.2) is 11.6 Å². The Balaban J connectivity index is 3.08. The summed E-state index contributed by atoms with van der Waals surface area (Å²) in [7, 11) is 0. The molecule has 3 nitrogen and oxygen atoms in total. The minimum Gasteiger partial charge on any atom is -0.508 e. The maximum atomic E-state index is 12.6. The lowest BCUT2D eigenvalue weighted by Gasteiger charge is -2.03. The van der Waals surface area contributed by atoms with E-state index in [0.29, 0.717) is 0 Å². The first kappa shape index (κ1) is 9.51. The maximum absolute atomic E-state index is 12.6. The fraction of sp³-hybridized carbons (Fsp3) is 0.222. The Labute approximate surface area is 74.4 Å². The molecule has 0 amide bonds. The summed E-state index contributed by atoms with van der Waals surface area (Å²) in [4.78, 5) is 10.7. The molecule has 0 aliphatic heterocycles. The number of carbonyl (C=O) groups excluding carboxylic acids is 1. The molecule has 0 radical (unpaired) electrons. The summed E-state index contributed by atoms with van der Waals surface area (Å²) in [5.41, 5.74) is 0.228. The fourth-order valence-electron chi connectivity index (χ4n) is 1.00. The molecule has 1 aromatic rings. The average Bonchev–Trinajstić information content (AvgIpc) is 1.99. The average molecular weight is 184 g/mol. The SMILES string of the molecule is CC(=O)Cc1cc(O)c(F)cc1O. The van der Waals surface area contributed by atoms with Crippen molar-refractivity contribution in [3.8, 4) is 11.5 Å². The molecule has 1 aromatic carbocycles. The monoisotopic (exact) mass is 184 g/mol. The van der Waals surface area contributed by atoms with Crippen molar-refractivity contribution < 1.29 is 19.4 Å². The second-order valence-corrected chi connectivity index (χ2v) is 2.81. The number of halogens is 1. The number of carbonyl (C=O) groups is 1. The van der Waals surface area contributed by atoms with Crippen LogP contribution in [0.3, 0.4) is 0 Å². The van der Waals surface area contributed by atoms with Crippen molar-refractivity contribution in [2.75, 3.05) is 0 Å². The third kappa shape index (κ3) is 2.18. The summed E-state index contributed by atoms with van der Waals surface area (Å²) in [5, 5.41) is 18.1. The van der Waals surface area contributed by atoms with Crippen LogP contribution in [0, 0.1) is 5.82 Å². The Kier molecular flexibility index (Phi) is 2.51. The van der Waals surface area contributed by atoms with Crippen molar-refractivity contribution in [2.45, 2.75) is 13.3 Å². The number of phenols is 2. The highest BCUT2D eigenvalue weighted by atomic mass is 19.1. The van der Waals surface area contributed by atoms with E-state index in [9.17, 15) is 9.18 Å². The van der Waals surface area contributed by atoms with Gasteiger partial charge in [0.05, 0.1) is 0 Å². The molecular weight excluding hydrogens is 175 g/mol. The number of aromatic hydroxyl groups is 2. The van der Waals surface area contributed by atoms with Crippen LogP contribution in [0.4, 0.5) is 4.39 Å². The van der Waals surface area contributed by atoms with Gasteiger partial charge in [0.25, 0.3) is 0 Å². The van der Waals surface area contributed by atoms with Gasteiger partial charge in [-0.05, 0) is 13.0 Å². The number of Topliss-reactive ketones (excluding diaryl/α,β-unsaturated/α-hetero) is 1. The molecule has 0 saturated carbocycles. The third-order valence-corrected chi connectivity index (χ3v) is 1.59. The molecule has 0 spiro atoms. The number of phenolic OH excluding ortho intramolecular Hbond substituents is 2. The van der Waals surface area contributed by atoms with Crippen LogP contribution in [0.15, 0.2) is 12.1 Å². The van der Waals surface area contributed by atoms with E-state index >= 15 is 0 Å². The zero-order valence-corrected chi connectivity index (χ0v) is 7.04. The van der Waals surface area contributed by atoms with E-state index < -0.39 is 11.6 Å². The van der Waals surface area contributed by atoms with Crippen LogP contribution >= 0.6 is 0 Å². The molecule has 0 bridgehead atoms. The van der Waals surface area contributed by atoms with Gasteiger partial charge in [0.2, 0.25) is 0 Å². The van der Waals surface area contributed by atoms with E-state index in [1.54, 1.807) is 0 Å². The number of benzene rings is 1. The summed E-state index contributed by atoms with van der Waals surface area (Å²) in [6.07, 6.45) is -0.0142. The van der Waals surface area contributed by atoms with Gasteiger partial charge >= 0.3 is 0 Å². The molecule has 0 aliphatic rings. The van der Waals surface area contributed by atoms with Gasteiger partial charge in [0, 0.05) is 18.1 Å². The van der Waals surface area contributed by atoms with E-state index in [1.165, 1.54) is 6.92 Å². The molecule has 0 aliphatic carbocycles. The molecule has 0 saturated heterocycles. The van der Waals surface area contributed by atoms with Gasteiger partial charge in [0.1, 0.15) is 11.5 Å². The van der Waals surface area contributed by atoms with Crippen LogP contribution in [0.1, 0.15) is 12.5 Å². The Morgan fingerprint density at radius 2 is 2.00 bits per heavy atom. The fourth-order valence-corrected chi connectivity index (χ4v) is 1.00. The number of hydrogen-bond acceptors (Lipinski definition) is 3. The second kappa shape index (κ2) is 3.43. The molecule has 0 fully saturated rings. The zero-order chi connectivity index (χ0) is 10.0. The third-order valence-electron chi connectivity index (χ3n) is 1.59. The van der Waals surface area contributed by atoms with E-state index in [-0.39, 0.29) is 23.5 Å². The number of ketones is 1. The molecule has 70 valence electrons. The molecule has 0 heterocycles. The molecular formula is C9H9FO3. The van der Waals surface area contributed by atoms with Gasteiger partial charge in [-0.25, -0.2) is 4.39 Å². The van der Waals surface area contributed by atoms with Gasteiger partial charge in [-0.2, -0.15) is 0 Å². The molecule has 13 heavy (non-hydrogen) atoms. The summed E-state index contributed by atoms with van der Waals surface area (Å²) >= 11 is 0. The minimum atomic E-state index is -0.898. The minimum absolute atomic E-state index is 0.0142. The van der Waals surface area contributed by atoms with E-state index in [4.69, 9.17) is 10.2 Å². The zero-order valence-electron chi connectivity index (χ0n) is 7.04. The molecule has 0 unspecified atom stereocenters. The number of hydrogen-bond donors (Lipinski definition) is 2. The van der Waals surface area contributed by atoms with E-state index in [2.05, 4.69) is 0 Å². The van der Waals surface area contributed by atoms with Gasteiger partial charge < -0.3 is 10.2 Å². The second-order valence-electron chi connectivity index (χ2n) is 2.81. The Hall–Kier alpha value is -1.58. The quantitative estimate of drug-likeness (QED) is 0.682. The van der Waals surface area contributed by atoms with Gasteiger partial charge in [-0.15, -0.1) is 0 Å². The number of rotatable bonds is 2. The van der Waals surface area contributed by atoms with Crippen LogP contribution < -0.4 is 0 Å². The lowest BCUT2D eigenvalue weighted by atomic mass is 10.1. The van der Waals surface area contributed by atoms with Crippen molar-refractivity contribution in [3.05, 3.63) is 23.5 Å². The van der Waals surface area contributed by atoms with Crippen molar-refractivity contribution >= 4 is 5.78 Å². The van der Waals surface area contributed by atoms with E-state index in [0.717, 1.165) is 12.1 Å². The Morgan fingerprint density at radius 3 is 2.54 bits per heavy atom. The summed E-state index contributed by atoms with van der Waals surface area (Å²) < 4.78 is 12.6. The van der Waals surface area contributed by atoms with Crippen molar-refractivity contribution in [2.24, 2.45) is 0 Å². The standard InChI is InChI=1S/C9H9FO3/c1-5(11)2-6-3-9(13)7(10)4-8(6)12/h3-4,12-13H,2H2,1H3. The van der Waals surface area contributed by atoms with Crippen molar-refractivity contribution in [1.82, 2.24) is 0 Å². The first-order chi connectivity index (χ1) is 6.00. The highest BCUT2D eigenvalue weighted by molar-refractivity contribution is 5.79. The lowest BCUT2D eigenvalue weighted by Crippen LogP contribution is -1.97. The molecule has 0 aromatic heterocycles. The van der Waals surface area contributed by atoms with Gasteiger partial charge in [-0.1, -0.05) is 0 Å². The van der Waals surface area contributed by atoms with Crippen LogP contribution in [0.25, 0.3) is 0 Å². The molecule has 4 heteroatoms. The van der Waals surface area contributed by atoms with Crippen LogP contribution in [-0.4, -0.2) is 16.0 Å². The molecule has 2 N–H and O–H groups in total. The molecule has 0 atom stereocenters. The summed E-state index contributed by atoms with van der Waals surface area (Å²) in [6, 6.07) is 1.83. The highest BCUT2D eigenvalue weighted by Gasteiger charge is 2.09. The largest absolute Gasteiger partial charge is 0.508 e. The first-order valence-electron chi connectivity index (χ1n) is 3.70. The van der Waals surface area contributed by atoms with Crippen LogP contribution in [0.2, 0.25) is 0 Å². The lowest BCUT2D eigenvalue weighted by molar-refractivity contribution is -0.116. The maximum Gasteiger partial charge on any atom is 0.168 e. The normalized spacial score (nSPS) is 10.0.